The average Bonchev–Trinajstić information content (AvgIpc) is 1.98. The summed E-state index contributed by atoms with van der Waals surface area (Å²) in [5, 5.41) is 12.8. The van der Waals surface area contributed by atoms with Gasteiger partial charge in [-0.05, 0) is 20.8 Å². The van der Waals surface area contributed by atoms with Crippen LogP contribution in [-0.4, -0.2) is 23.7 Å². The first-order valence-corrected chi connectivity index (χ1v) is 4.87. The van der Waals surface area contributed by atoms with Crippen LogP contribution in [0.15, 0.2) is 0 Å². The van der Waals surface area contributed by atoms with E-state index < -0.39 is 23.7 Å². The zero-order valence-electron chi connectivity index (χ0n) is 9.70. The van der Waals surface area contributed by atoms with E-state index in [1.165, 1.54) is 0 Å². The quantitative estimate of drug-likeness (QED) is 0.687. The molecule has 0 spiro atoms. The molecular formula is C11H16NO4-. The number of alkyl carbamates (subject to hydrolysis) is 1. The van der Waals surface area contributed by atoms with Crippen LogP contribution in [0, 0.1) is 12.3 Å². The molecule has 90 valence electrons. The molecule has 0 aromatic heterocycles. The van der Waals surface area contributed by atoms with Gasteiger partial charge in [-0.1, -0.05) is 0 Å². The van der Waals surface area contributed by atoms with Crippen molar-refractivity contribution in [3.8, 4) is 12.3 Å². The minimum Gasteiger partial charge on any atom is -0.550 e. The lowest BCUT2D eigenvalue weighted by Crippen LogP contribution is -2.42. The standard InChI is InChI=1S/C11H17NO4/c1-5-6-8(7-9(13)14)12-10(15)16-11(2,3)4/h1,8H,6-7H2,2-4H3,(H,12,15)(H,13,14)/p-1/t8-/m0/s1. The molecular weight excluding hydrogens is 210 g/mol. The summed E-state index contributed by atoms with van der Waals surface area (Å²) in [7, 11) is 0. The summed E-state index contributed by atoms with van der Waals surface area (Å²) in [6.45, 7) is 5.13. The van der Waals surface area contributed by atoms with E-state index in [1.807, 2.05) is 0 Å². The number of hydrogen-bond donors (Lipinski definition) is 1. The van der Waals surface area contributed by atoms with Crippen LogP contribution in [-0.2, 0) is 9.53 Å². The second-order valence-electron chi connectivity index (χ2n) is 4.33. The van der Waals surface area contributed by atoms with Crippen molar-refractivity contribution in [1.82, 2.24) is 5.32 Å². The van der Waals surface area contributed by atoms with Gasteiger partial charge in [0.25, 0.3) is 0 Å². The van der Waals surface area contributed by atoms with Gasteiger partial charge in [0.2, 0.25) is 0 Å². The van der Waals surface area contributed by atoms with Gasteiger partial charge >= 0.3 is 6.09 Å². The molecule has 0 aromatic carbocycles. The summed E-state index contributed by atoms with van der Waals surface area (Å²) in [5.41, 5.74) is -0.633. The SMILES string of the molecule is C#CC[C@@H](CC(=O)[O-])NC(=O)OC(C)(C)C. The van der Waals surface area contributed by atoms with Gasteiger partial charge in [0.15, 0.2) is 0 Å². The van der Waals surface area contributed by atoms with Gasteiger partial charge in [-0.25, -0.2) is 4.79 Å². The summed E-state index contributed by atoms with van der Waals surface area (Å²) in [6, 6.07) is -0.662. The van der Waals surface area contributed by atoms with E-state index in [9.17, 15) is 14.7 Å². The Bertz CT molecular complexity index is 298. The number of amides is 1. The summed E-state index contributed by atoms with van der Waals surface area (Å²) < 4.78 is 4.96. The van der Waals surface area contributed by atoms with Crippen LogP contribution >= 0.6 is 0 Å². The van der Waals surface area contributed by atoms with Gasteiger partial charge in [0.1, 0.15) is 5.60 Å². The van der Waals surface area contributed by atoms with E-state index in [0.717, 1.165) is 0 Å². The number of hydrogen-bond acceptors (Lipinski definition) is 4. The molecule has 1 atom stereocenters. The van der Waals surface area contributed by atoms with Crippen molar-refractivity contribution >= 4 is 12.1 Å². The van der Waals surface area contributed by atoms with Crippen molar-refractivity contribution in [1.29, 1.82) is 0 Å². The molecule has 1 N–H and O–H groups in total. The Hall–Kier alpha value is -1.70. The summed E-state index contributed by atoms with van der Waals surface area (Å²) >= 11 is 0. The van der Waals surface area contributed by atoms with Crippen LogP contribution in [0.1, 0.15) is 33.6 Å². The van der Waals surface area contributed by atoms with E-state index in [-0.39, 0.29) is 12.8 Å². The van der Waals surface area contributed by atoms with E-state index in [4.69, 9.17) is 11.2 Å². The maximum atomic E-state index is 11.3. The van der Waals surface area contributed by atoms with Crippen LogP contribution in [0.3, 0.4) is 0 Å². The van der Waals surface area contributed by atoms with Crippen LogP contribution < -0.4 is 10.4 Å². The van der Waals surface area contributed by atoms with Crippen molar-refractivity contribution in [3.05, 3.63) is 0 Å². The third-order valence-electron chi connectivity index (χ3n) is 1.50. The first-order valence-electron chi connectivity index (χ1n) is 4.87. The number of ether oxygens (including phenoxy) is 1. The third kappa shape index (κ3) is 7.68. The molecule has 0 saturated carbocycles. The largest absolute Gasteiger partial charge is 0.550 e. The van der Waals surface area contributed by atoms with Crippen LogP contribution in [0.5, 0.6) is 0 Å². The number of carboxylic acid groups (broad SMARTS) is 1. The Kier molecular flexibility index (Phi) is 5.37. The monoisotopic (exact) mass is 226 g/mol. The average molecular weight is 226 g/mol. The Morgan fingerprint density at radius 3 is 2.44 bits per heavy atom. The van der Waals surface area contributed by atoms with Crippen LogP contribution in [0.2, 0.25) is 0 Å². The zero-order valence-corrected chi connectivity index (χ0v) is 9.70. The summed E-state index contributed by atoms with van der Waals surface area (Å²) in [6.07, 6.45) is 4.15. The van der Waals surface area contributed by atoms with E-state index in [2.05, 4.69) is 11.2 Å². The van der Waals surface area contributed by atoms with Gasteiger partial charge in [0.05, 0.1) is 0 Å². The molecule has 16 heavy (non-hydrogen) atoms. The van der Waals surface area contributed by atoms with Crippen LogP contribution in [0.25, 0.3) is 0 Å². The van der Waals surface area contributed by atoms with Gasteiger partial charge < -0.3 is 20.0 Å². The normalized spacial score (nSPS) is 12.4. The van der Waals surface area contributed by atoms with Crippen LogP contribution in [0.4, 0.5) is 4.79 Å². The Balaban J connectivity index is 4.24. The Morgan fingerprint density at radius 1 is 1.50 bits per heavy atom. The second-order valence-corrected chi connectivity index (χ2v) is 4.33. The number of terminal acetylenes is 1. The minimum atomic E-state index is -1.27. The highest BCUT2D eigenvalue weighted by molar-refractivity contribution is 5.70. The number of nitrogens with one attached hydrogen (secondary N) is 1. The molecule has 0 rings (SSSR count). The van der Waals surface area contributed by atoms with Crippen molar-refractivity contribution < 1.29 is 19.4 Å². The molecule has 0 aromatic rings. The van der Waals surface area contributed by atoms with Crippen molar-refractivity contribution in [2.45, 2.75) is 45.3 Å². The molecule has 0 aliphatic carbocycles. The lowest BCUT2D eigenvalue weighted by Gasteiger charge is -2.23. The number of carbonyl (C=O) groups excluding carboxylic acids is 2. The summed E-state index contributed by atoms with van der Waals surface area (Å²) in [5.74, 6) is 1.01. The number of carboxylic acids is 1. The minimum absolute atomic E-state index is 0.118. The van der Waals surface area contributed by atoms with Gasteiger partial charge in [0, 0.05) is 24.9 Å². The molecule has 0 aliphatic rings. The zero-order chi connectivity index (χ0) is 12.8. The first kappa shape index (κ1) is 14.3. The van der Waals surface area contributed by atoms with E-state index in [1.54, 1.807) is 20.8 Å². The molecule has 1 amide bonds. The molecule has 0 saturated heterocycles. The second kappa shape index (κ2) is 6.01. The fourth-order valence-electron chi connectivity index (χ4n) is 0.992. The molecule has 0 fully saturated rings. The highest BCUT2D eigenvalue weighted by Crippen LogP contribution is 2.07. The lowest BCUT2D eigenvalue weighted by atomic mass is 10.1. The molecule has 5 nitrogen and oxygen atoms in total. The lowest BCUT2D eigenvalue weighted by molar-refractivity contribution is -0.306. The topological polar surface area (TPSA) is 78.5 Å². The molecule has 0 bridgehead atoms. The molecule has 0 unspecified atom stereocenters. The fraction of sp³-hybridized carbons (Fsp3) is 0.636. The van der Waals surface area contributed by atoms with Gasteiger partial charge in [-0.2, -0.15) is 0 Å². The number of carbonyl (C=O) groups is 2. The van der Waals surface area contributed by atoms with E-state index in [0.29, 0.717) is 0 Å². The molecule has 0 radical (unpaired) electrons. The van der Waals surface area contributed by atoms with Gasteiger partial charge in [-0.3, -0.25) is 0 Å². The highest BCUT2D eigenvalue weighted by Gasteiger charge is 2.19. The smallest absolute Gasteiger partial charge is 0.407 e. The first-order chi connectivity index (χ1) is 7.24. The Morgan fingerprint density at radius 2 is 2.06 bits per heavy atom. The van der Waals surface area contributed by atoms with Crippen molar-refractivity contribution in [3.63, 3.8) is 0 Å². The predicted molar refractivity (Wildman–Crippen MR) is 56.2 cm³/mol. The highest BCUT2D eigenvalue weighted by atomic mass is 16.6. The maximum absolute atomic E-state index is 11.3. The molecule has 0 heterocycles. The van der Waals surface area contributed by atoms with Crippen molar-refractivity contribution in [2.75, 3.05) is 0 Å². The van der Waals surface area contributed by atoms with E-state index >= 15 is 0 Å². The third-order valence-corrected chi connectivity index (χ3v) is 1.50. The molecule has 5 heteroatoms. The van der Waals surface area contributed by atoms with Gasteiger partial charge in [-0.15, -0.1) is 12.3 Å². The number of aliphatic carboxylic acids is 1. The number of rotatable bonds is 4. The Labute approximate surface area is 95.2 Å². The van der Waals surface area contributed by atoms with Crippen molar-refractivity contribution in [2.24, 2.45) is 0 Å². The maximum Gasteiger partial charge on any atom is 0.407 e. The fourth-order valence-corrected chi connectivity index (χ4v) is 0.992. The summed E-state index contributed by atoms with van der Waals surface area (Å²) in [4.78, 5) is 21.7. The predicted octanol–water partition coefficient (Wildman–Crippen LogP) is 0.0430. The molecule has 0 aliphatic heterocycles.